The largest absolute Gasteiger partial charge is 0.478 e. The lowest BCUT2D eigenvalue weighted by Crippen LogP contribution is -2.47. The Morgan fingerprint density at radius 2 is 2.10 bits per heavy atom. The van der Waals surface area contributed by atoms with E-state index < -0.39 is 17.9 Å². The number of carbonyl (C=O) groups excluding carboxylic acids is 2. The van der Waals surface area contributed by atoms with Crippen molar-refractivity contribution >= 4 is 17.9 Å². The van der Waals surface area contributed by atoms with Crippen molar-refractivity contribution < 1.29 is 19.5 Å². The zero-order chi connectivity index (χ0) is 16.0. The maximum atomic E-state index is 12.0. The van der Waals surface area contributed by atoms with Gasteiger partial charge in [0.05, 0.1) is 17.8 Å². The number of urea groups is 1. The third kappa shape index (κ3) is 5.09. The highest BCUT2D eigenvalue weighted by molar-refractivity contribution is 5.87. The van der Waals surface area contributed by atoms with Gasteiger partial charge < -0.3 is 21.1 Å². The lowest BCUT2D eigenvalue weighted by atomic mass is 10.2. The highest BCUT2D eigenvalue weighted by atomic mass is 16.4. The van der Waals surface area contributed by atoms with Crippen LogP contribution < -0.4 is 11.1 Å². The molecule has 3 amide bonds. The molecule has 0 bridgehead atoms. The van der Waals surface area contributed by atoms with Gasteiger partial charge >= 0.3 is 12.0 Å². The van der Waals surface area contributed by atoms with Gasteiger partial charge in [-0.05, 0) is 26.0 Å². The predicted octanol–water partition coefficient (Wildman–Crippen LogP) is 0.185. The van der Waals surface area contributed by atoms with Crippen molar-refractivity contribution in [3.8, 4) is 0 Å². The molecular weight excluding hydrogens is 276 g/mol. The molecule has 0 atom stereocenters. The lowest BCUT2D eigenvalue weighted by Gasteiger charge is -2.25. The number of aromatic nitrogens is 1. The predicted molar refractivity (Wildman–Crippen MR) is 74.5 cm³/mol. The van der Waals surface area contributed by atoms with Gasteiger partial charge in [-0.25, -0.2) is 9.59 Å². The molecule has 0 aliphatic heterocycles. The lowest BCUT2D eigenvalue weighted by molar-refractivity contribution is -0.118. The zero-order valence-corrected chi connectivity index (χ0v) is 11.9. The first-order valence-corrected chi connectivity index (χ1v) is 6.32. The van der Waals surface area contributed by atoms with Crippen LogP contribution in [0.1, 0.15) is 29.9 Å². The van der Waals surface area contributed by atoms with Crippen LogP contribution in [0, 0.1) is 0 Å². The Labute approximate surface area is 121 Å². The SMILES string of the molecule is CC(C)N(CC(N)=O)C(=O)NCc1cc(C(=O)O)ccn1. The number of carboxylic acids is 1. The number of amides is 3. The van der Waals surface area contributed by atoms with Crippen molar-refractivity contribution in [2.45, 2.75) is 26.4 Å². The number of nitrogens with one attached hydrogen (secondary N) is 1. The molecule has 0 unspecified atom stereocenters. The quantitative estimate of drug-likeness (QED) is 0.690. The van der Waals surface area contributed by atoms with Crippen LogP contribution in [0.3, 0.4) is 0 Å². The van der Waals surface area contributed by atoms with Crippen LogP contribution in [0.5, 0.6) is 0 Å². The number of pyridine rings is 1. The second-order valence-corrected chi connectivity index (χ2v) is 4.69. The molecule has 0 saturated carbocycles. The van der Waals surface area contributed by atoms with Gasteiger partial charge in [0.2, 0.25) is 5.91 Å². The van der Waals surface area contributed by atoms with Crippen LogP contribution in [0.4, 0.5) is 4.79 Å². The fraction of sp³-hybridized carbons (Fsp3) is 0.385. The summed E-state index contributed by atoms with van der Waals surface area (Å²) < 4.78 is 0. The zero-order valence-electron chi connectivity index (χ0n) is 11.9. The molecule has 1 aromatic heterocycles. The highest BCUT2D eigenvalue weighted by Crippen LogP contribution is 2.03. The summed E-state index contributed by atoms with van der Waals surface area (Å²) in [4.78, 5) is 39.0. The number of carboxylic acid groups (broad SMARTS) is 1. The highest BCUT2D eigenvalue weighted by Gasteiger charge is 2.18. The fourth-order valence-electron chi connectivity index (χ4n) is 1.63. The van der Waals surface area contributed by atoms with Crippen LogP contribution in [0.15, 0.2) is 18.3 Å². The summed E-state index contributed by atoms with van der Waals surface area (Å²) >= 11 is 0. The van der Waals surface area contributed by atoms with E-state index in [4.69, 9.17) is 10.8 Å². The number of nitrogens with zero attached hydrogens (tertiary/aromatic N) is 2. The Kier molecular flexibility index (Phi) is 5.65. The van der Waals surface area contributed by atoms with E-state index in [0.717, 1.165) is 0 Å². The molecule has 0 aliphatic rings. The van der Waals surface area contributed by atoms with E-state index in [-0.39, 0.29) is 24.7 Å². The Morgan fingerprint density at radius 1 is 1.43 bits per heavy atom. The molecule has 0 saturated heterocycles. The minimum atomic E-state index is -1.07. The molecule has 4 N–H and O–H groups in total. The van der Waals surface area contributed by atoms with E-state index in [1.54, 1.807) is 13.8 Å². The topological polar surface area (TPSA) is 126 Å². The summed E-state index contributed by atoms with van der Waals surface area (Å²) in [6.45, 7) is 3.38. The van der Waals surface area contributed by atoms with E-state index >= 15 is 0 Å². The number of hydrogen-bond donors (Lipinski definition) is 3. The molecule has 21 heavy (non-hydrogen) atoms. The normalized spacial score (nSPS) is 10.2. The molecule has 1 heterocycles. The molecule has 0 fully saturated rings. The van der Waals surface area contributed by atoms with E-state index in [2.05, 4.69) is 10.3 Å². The number of rotatable bonds is 6. The number of aromatic carboxylic acids is 1. The van der Waals surface area contributed by atoms with Crippen molar-refractivity contribution in [1.29, 1.82) is 0 Å². The van der Waals surface area contributed by atoms with Gasteiger partial charge in [-0.1, -0.05) is 0 Å². The molecule has 0 aliphatic carbocycles. The molecular formula is C13H18N4O4. The van der Waals surface area contributed by atoms with E-state index in [9.17, 15) is 14.4 Å². The average molecular weight is 294 g/mol. The molecule has 0 radical (unpaired) electrons. The Bertz CT molecular complexity index is 545. The number of nitrogens with two attached hydrogens (primary N) is 1. The maximum absolute atomic E-state index is 12.0. The second kappa shape index (κ2) is 7.22. The Balaban J connectivity index is 2.68. The maximum Gasteiger partial charge on any atom is 0.335 e. The molecule has 0 spiro atoms. The first-order chi connectivity index (χ1) is 9.81. The van der Waals surface area contributed by atoms with Crippen molar-refractivity contribution in [3.63, 3.8) is 0 Å². The number of carbonyl (C=O) groups is 3. The van der Waals surface area contributed by atoms with Crippen molar-refractivity contribution in [2.24, 2.45) is 5.73 Å². The van der Waals surface area contributed by atoms with Gasteiger partial charge in [-0.2, -0.15) is 0 Å². The minimum Gasteiger partial charge on any atom is -0.478 e. The summed E-state index contributed by atoms with van der Waals surface area (Å²) in [5, 5.41) is 11.4. The molecule has 114 valence electrons. The number of hydrogen-bond acceptors (Lipinski definition) is 4. The first-order valence-electron chi connectivity index (χ1n) is 6.32. The van der Waals surface area contributed by atoms with Crippen LogP contribution in [-0.4, -0.2) is 45.5 Å². The minimum absolute atomic E-state index is 0.0575. The van der Waals surface area contributed by atoms with Crippen LogP contribution in [-0.2, 0) is 11.3 Å². The van der Waals surface area contributed by atoms with Crippen molar-refractivity contribution in [3.05, 3.63) is 29.6 Å². The van der Waals surface area contributed by atoms with E-state index in [0.29, 0.717) is 5.69 Å². The standard InChI is InChI=1S/C13H18N4O4/c1-8(2)17(7-11(14)18)13(21)16-6-10-5-9(12(19)20)3-4-15-10/h3-5,8H,6-7H2,1-2H3,(H2,14,18)(H,16,21)(H,19,20). The van der Waals surface area contributed by atoms with E-state index in [1.165, 1.54) is 23.2 Å². The molecule has 1 aromatic rings. The van der Waals surface area contributed by atoms with Gasteiger partial charge in [0.25, 0.3) is 0 Å². The van der Waals surface area contributed by atoms with Crippen molar-refractivity contribution in [1.82, 2.24) is 15.2 Å². The van der Waals surface area contributed by atoms with Gasteiger partial charge in [-0.15, -0.1) is 0 Å². The van der Waals surface area contributed by atoms with Crippen LogP contribution in [0.2, 0.25) is 0 Å². The summed E-state index contributed by atoms with van der Waals surface area (Å²) in [6.07, 6.45) is 1.36. The molecule has 8 nitrogen and oxygen atoms in total. The smallest absolute Gasteiger partial charge is 0.335 e. The summed E-state index contributed by atoms with van der Waals surface area (Å²) in [7, 11) is 0. The van der Waals surface area contributed by atoms with Gasteiger partial charge in [0.15, 0.2) is 0 Å². The fourth-order valence-corrected chi connectivity index (χ4v) is 1.63. The monoisotopic (exact) mass is 294 g/mol. The van der Waals surface area contributed by atoms with Gasteiger partial charge in [-0.3, -0.25) is 9.78 Å². The van der Waals surface area contributed by atoms with E-state index in [1.807, 2.05) is 0 Å². The van der Waals surface area contributed by atoms with Crippen molar-refractivity contribution in [2.75, 3.05) is 6.54 Å². The second-order valence-electron chi connectivity index (χ2n) is 4.69. The average Bonchev–Trinajstić information content (AvgIpc) is 2.42. The molecule has 8 heteroatoms. The molecule has 1 rings (SSSR count). The first kappa shape index (κ1) is 16.4. The third-order valence-corrected chi connectivity index (χ3v) is 2.69. The summed E-state index contributed by atoms with van der Waals surface area (Å²) in [5.74, 6) is -1.67. The third-order valence-electron chi connectivity index (χ3n) is 2.69. The number of primary amides is 1. The summed E-state index contributed by atoms with van der Waals surface area (Å²) in [6, 6.07) is 2.07. The Morgan fingerprint density at radius 3 is 2.62 bits per heavy atom. The van der Waals surface area contributed by atoms with Gasteiger partial charge in [0.1, 0.15) is 6.54 Å². The Hall–Kier alpha value is -2.64. The summed E-state index contributed by atoms with van der Waals surface area (Å²) in [5.41, 5.74) is 5.59. The van der Waals surface area contributed by atoms with Crippen LogP contribution >= 0.6 is 0 Å². The van der Waals surface area contributed by atoms with Crippen LogP contribution in [0.25, 0.3) is 0 Å². The molecule has 0 aromatic carbocycles. The van der Waals surface area contributed by atoms with Gasteiger partial charge in [0, 0.05) is 12.2 Å².